The van der Waals surface area contributed by atoms with Crippen LogP contribution in [0, 0.1) is 20.6 Å². The van der Waals surface area contributed by atoms with Gasteiger partial charge < -0.3 is 4.74 Å². The Balaban J connectivity index is 2.66. The highest BCUT2D eigenvalue weighted by Gasteiger charge is 2.23. The number of nitro benzene ring substituents is 1. The molecule has 1 aromatic carbocycles. The van der Waals surface area contributed by atoms with E-state index in [1.807, 2.05) is 22.6 Å². The minimum Gasteiger partial charge on any atom is -0.464 e. The number of nitrogens with zero attached hydrogens (tertiary/aromatic N) is 3. The Morgan fingerprint density at radius 2 is 2.10 bits per heavy atom. The Morgan fingerprint density at radius 3 is 2.70 bits per heavy atom. The van der Waals surface area contributed by atoms with Crippen molar-refractivity contribution in [2.24, 2.45) is 0 Å². The second kappa shape index (κ2) is 5.57. The monoisotopic (exact) mass is 387 g/mol. The molecule has 20 heavy (non-hydrogen) atoms. The SMILES string of the molecule is COC(=O)c1nn(-c2ccccc2[N+](=O)[O-])c(C)c1I. The van der Waals surface area contributed by atoms with Crippen LogP contribution in [0.25, 0.3) is 5.69 Å². The number of halogens is 1. The summed E-state index contributed by atoms with van der Waals surface area (Å²) in [5.41, 5.74) is 1.01. The number of ether oxygens (including phenoxy) is 1. The van der Waals surface area contributed by atoms with Crippen LogP contribution in [-0.2, 0) is 4.74 Å². The second-order valence-corrected chi connectivity index (χ2v) is 4.98. The van der Waals surface area contributed by atoms with Crippen molar-refractivity contribution in [3.05, 3.63) is 49.3 Å². The molecule has 2 rings (SSSR count). The van der Waals surface area contributed by atoms with E-state index in [0.29, 0.717) is 15.0 Å². The third-order valence-electron chi connectivity index (χ3n) is 2.73. The molecule has 0 spiro atoms. The minimum absolute atomic E-state index is 0.0779. The summed E-state index contributed by atoms with van der Waals surface area (Å²) in [6.07, 6.45) is 0. The van der Waals surface area contributed by atoms with E-state index in [4.69, 9.17) is 0 Å². The lowest BCUT2D eigenvalue weighted by Crippen LogP contribution is -2.06. The molecule has 0 saturated carbocycles. The first-order valence-corrected chi connectivity index (χ1v) is 6.62. The molecule has 0 fully saturated rings. The Labute approximate surface area is 127 Å². The number of rotatable bonds is 3. The van der Waals surface area contributed by atoms with Gasteiger partial charge in [-0.15, -0.1) is 0 Å². The fourth-order valence-corrected chi connectivity index (χ4v) is 2.30. The van der Waals surface area contributed by atoms with Crippen molar-refractivity contribution in [3.63, 3.8) is 0 Å². The molecule has 0 aliphatic carbocycles. The predicted molar refractivity (Wildman–Crippen MR) is 79.0 cm³/mol. The van der Waals surface area contributed by atoms with Gasteiger partial charge in [-0.05, 0) is 35.6 Å². The van der Waals surface area contributed by atoms with Gasteiger partial charge in [0.15, 0.2) is 5.69 Å². The first-order valence-electron chi connectivity index (χ1n) is 5.54. The Morgan fingerprint density at radius 1 is 1.45 bits per heavy atom. The summed E-state index contributed by atoms with van der Waals surface area (Å²) in [4.78, 5) is 22.2. The van der Waals surface area contributed by atoms with Crippen LogP contribution in [0.1, 0.15) is 16.2 Å². The zero-order valence-electron chi connectivity index (χ0n) is 10.7. The molecule has 0 N–H and O–H groups in total. The van der Waals surface area contributed by atoms with E-state index in [0.717, 1.165) is 0 Å². The first kappa shape index (κ1) is 14.4. The standard InChI is InChI=1S/C12H10IN3O4/c1-7-10(13)11(12(17)20-2)14-15(7)8-5-3-4-6-9(8)16(18)19/h3-6H,1-2H3. The molecule has 8 heteroatoms. The summed E-state index contributed by atoms with van der Waals surface area (Å²) in [7, 11) is 1.26. The molecular weight excluding hydrogens is 377 g/mol. The average molecular weight is 387 g/mol. The van der Waals surface area contributed by atoms with E-state index in [9.17, 15) is 14.9 Å². The summed E-state index contributed by atoms with van der Waals surface area (Å²) < 4.78 is 6.63. The maximum absolute atomic E-state index is 11.6. The summed E-state index contributed by atoms with van der Waals surface area (Å²) in [6, 6.07) is 6.22. The molecular formula is C12H10IN3O4. The number of methoxy groups -OCH3 is 1. The van der Waals surface area contributed by atoms with Gasteiger partial charge in [0, 0.05) is 6.07 Å². The molecule has 2 aromatic rings. The number of carbonyl (C=O) groups is 1. The fourth-order valence-electron chi connectivity index (χ4n) is 1.74. The second-order valence-electron chi connectivity index (χ2n) is 3.90. The molecule has 0 aliphatic heterocycles. The summed E-state index contributed by atoms with van der Waals surface area (Å²) in [6.45, 7) is 1.73. The topological polar surface area (TPSA) is 87.3 Å². The molecule has 0 amide bonds. The van der Waals surface area contributed by atoms with Gasteiger partial charge in [-0.3, -0.25) is 10.1 Å². The third kappa shape index (κ3) is 2.38. The molecule has 1 heterocycles. The van der Waals surface area contributed by atoms with Crippen molar-refractivity contribution in [1.29, 1.82) is 0 Å². The normalized spacial score (nSPS) is 10.3. The number of para-hydroxylation sites is 2. The molecule has 0 saturated heterocycles. The van der Waals surface area contributed by atoms with Gasteiger partial charge in [0.1, 0.15) is 5.69 Å². The van der Waals surface area contributed by atoms with Crippen molar-refractivity contribution < 1.29 is 14.5 Å². The Hall–Kier alpha value is -1.97. The van der Waals surface area contributed by atoms with Crippen LogP contribution in [0.4, 0.5) is 5.69 Å². The van der Waals surface area contributed by atoms with E-state index >= 15 is 0 Å². The number of hydrogen-bond donors (Lipinski definition) is 0. The van der Waals surface area contributed by atoms with Gasteiger partial charge in [-0.2, -0.15) is 5.10 Å². The molecule has 0 unspecified atom stereocenters. The van der Waals surface area contributed by atoms with Gasteiger partial charge in [-0.1, -0.05) is 12.1 Å². The molecule has 0 atom stereocenters. The van der Waals surface area contributed by atoms with E-state index in [-0.39, 0.29) is 11.4 Å². The van der Waals surface area contributed by atoms with Gasteiger partial charge in [0.05, 0.1) is 21.3 Å². The van der Waals surface area contributed by atoms with E-state index in [1.165, 1.54) is 17.9 Å². The Bertz CT molecular complexity index is 696. The molecule has 1 aromatic heterocycles. The lowest BCUT2D eigenvalue weighted by atomic mass is 10.2. The number of aromatic nitrogens is 2. The van der Waals surface area contributed by atoms with Crippen molar-refractivity contribution in [3.8, 4) is 5.69 Å². The number of benzene rings is 1. The highest BCUT2D eigenvalue weighted by atomic mass is 127. The zero-order valence-corrected chi connectivity index (χ0v) is 12.8. The van der Waals surface area contributed by atoms with Crippen LogP contribution in [0.5, 0.6) is 0 Å². The third-order valence-corrected chi connectivity index (χ3v) is 4.02. The van der Waals surface area contributed by atoms with Crippen LogP contribution >= 0.6 is 22.6 Å². The van der Waals surface area contributed by atoms with Crippen molar-refractivity contribution >= 4 is 34.2 Å². The van der Waals surface area contributed by atoms with E-state index in [1.54, 1.807) is 25.1 Å². The highest BCUT2D eigenvalue weighted by molar-refractivity contribution is 14.1. The number of hydrogen-bond acceptors (Lipinski definition) is 5. The molecule has 7 nitrogen and oxygen atoms in total. The number of nitro groups is 1. The highest BCUT2D eigenvalue weighted by Crippen LogP contribution is 2.26. The van der Waals surface area contributed by atoms with Crippen molar-refractivity contribution in [1.82, 2.24) is 9.78 Å². The molecule has 104 valence electrons. The zero-order chi connectivity index (χ0) is 14.9. The fraction of sp³-hybridized carbons (Fsp3) is 0.167. The molecule has 0 bridgehead atoms. The largest absolute Gasteiger partial charge is 0.464 e. The van der Waals surface area contributed by atoms with Crippen molar-refractivity contribution in [2.45, 2.75) is 6.92 Å². The predicted octanol–water partition coefficient (Wildman–Crippen LogP) is 2.48. The summed E-state index contributed by atoms with van der Waals surface area (Å²) in [5.74, 6) is -0.574. The maximum Gasteiger partial charge on any atom is 0.359 e. The van der Waals surface area contributed by atoms with Crippen LogP contribution in [0.3, 0.4) is 0 Å². The first-order chi connectivity index (χ1) is 9.47. The van der Waals surface area contributed by atoms with E-state index < -0.39 is 10.9 Å². The van der Waals surface area contributed by atoms with Crippen LogP contribution in [0.2, 0.25) is 0 Å². The molecule has 0 aliphatic rings. The quantitative estimate of drug-likeness (QED) is 0.350. The van der Waals surface area contributed by atoms with Gasteiger partial charge >= 0.3 is 5.97 Å². The lowest BCUT2D eigenvalue weighted by molar-refractivity contribution is -0.384. The lowest BCUT2D eigenvalue weighted by Gasteiger charge is -2.04. The average Bonchev–Trinajstić information content (AvgIpc) is 2.74. The van der Waals surface area contributed by atoms with Gasteiger partial charge in [0.2, 0.25) is 0 Å². The smallest absolute Gasteiger partial charge is 0.359 e. The number of carbonyl (C=O) groups excluding carboxylic acids is 1. The van der Waals surface area contributed by atoms with Gasteiger partial charge in [0.25, 0.3) is 5.69 Å². The van der Waals surface area contributed by atoms with Crippen LogP contribution in [0.15, 0.2) is 24.3 Å². The summed E-state index contributed by atoms with van der Waals surface area (Å²) >= 11 is 1.97. The van der Waals surface area contributed by atoms with E-state index in [2.05, 4.69) is 9.84 Å². The Kier molecular flexibility index (Phi) is 4.02. The van der Waals surface area contributed by atoms with Crippen LogP contribution in [-0.4, -0.2) is 27.8 Å². The minimum atomic E-state index is -0.574. The summed E-state index contributed by atoms with van der Waals surface area (Å²) in [5, 5.41) is 15.2. The van der Waals surface area contributed by atoms with Crippen LogP contribution < -0.4 is 0 Å². The maximum atomic E-state index is 11.6. The molecule has 0 radical (unpaired) electrons. The van der Waals surface area contributed by atoms with Gasteiger partial charge in [-0.25, -0.2) is 9.48 Å². The number of esters is 1. The van der Waals surface area contributed by atoms with Crippen molar-refractivity contribution in [2.75, 3.05) is 7.11 Å².